The highest BCUT2D eigenvalue weighted by atomic mass is 28.3. The molecule has 0 aliphatic carbocycles. The van der Waals surface area contributed by atoms with Crippen molar-refractivity contribution in [1.82, 2.24) is 4.98 Å². The Morgan fingerprint density at radius 1 is 0.958 bits per heavy atom. The minimum atomic E-state index is -1.70. The fourth-order valence-corrected chi connectivity index (χ4v) is 9.75. The van der Waals surface area contributed by atoms with Gasteiger partial charge in [-0.05, 0) is 72.7 Å². The first kappa shape index (κ1) is 30.5. The molecule has 0 radical (unpaired) electrons. The third kappa shape index (κ3) is 5.17. The normalized spacial score (nSPS) is 18.8. The van der Waals surface area contributed by atoms with Crippen LogP contribution in [0.25, 0.3) is 33.3 Å². The Balaban J connectivity index is 1.30. The number of allylic oxidation sites excluding steroid dienone is 2. The monoisotopic (exact) mass is 644 g/mol. The summed E-state index contributed by atoms with van der Waals surface area (Å²) in [5.41, 5.74) is 13.2. The summed E-state index contributed by atoms with van der Waals surface area (Å²) in [4.78, 5) is 9.93. The van der Waals surface area contributed by atoms with Crippen molar-refractivity contribution in [2.24, 2.45) is 4.99 Å². The van der Waals surface area contributed by atoms with Crippen LogP contribution in [0.15, 0.2) is 125 Å². The summed E-state index contributed by atoms with van der Waals surface area (Å²) in [7, 11) is -1.70. The van der Waals surface area contributed by atoms with Gasteiger partial charge in [-0.1, -0.05) is 93.5 Å². The molecule has 3 aromatic carbocycles. The van der Waals surface area contributed by atoms with E-state index in [2.05, 4.69) is 122 Å². The SMILES string of the molecule is C=C/C1=N/C(=C)CC2C(CCc3ccc4c(oc5nc(C)ccc54)c31)c1ccccc1-c1cc(Cc3ccccc3)c([Si](C)(C)C)c[n+]12. The van der Waals surface area contributed by atoms with Gasteiger partial charge in [0.15, 0.2) is 12.2 Å². The molecule has 238 valence electrons. The molecule has 0 N–H and O–H groups in total. The molecule has 2 aliphatic rings. The number of fused-ring (bicyclic) bond motifs is 11. The lowest BCUT2D eigenvalue weighted by Crippen LogP contribution is -2.54. The molecular weight excluding hydrogens is 603 g/mol. The van der Waals surface area contributed by atoms with Crippen LogP contribution in [0.5, 0.6) is 0 Å². The van der Waals surface area contributed by atoms with Crippen molar-refractivity contribution in [3.8, 4) is 11.3 Å². The predicted molar refractivity (Wildman–Crippen MR) is 201 cm³/mol. The Hall–Kier alpha value is -4.87. The van der Waals surface area contributed by atoms with E-state index in [4.69, 9.17) is 14.4 Å². The van der Waals surface area contributed by atoms with Gasteiger partial charge < -0.3 is 4.42 Å². The van der Waals surface area contributed by atoms with Gasteiger partial charge in [-0.25, -0.2) is 4.98 Å². The summed E-state index contributed by atoms with van der Waals surface area (Å²) in [5, 5.41) is 3.61. The van der Waals surface area contributed by atoms with E-state index in [0.717, 1.165) is 64.7 Å². The van der Waals surface area contributed by atoms with Crippen molar-refractivity contribution in [3.63, 3.8) is 0 Å². The molecular formula is C43H42N3OSi+. The van der Waals surface area contributed by atoms with Crippen LogP contribution in [0.4, 0.5) is 0 Å². The maximum atomic E-state index is 6.51. The van der Waals surface area contributed by atoms with Crippen molar-refractivity contribution >= 4 is 41.0 Å². The van der Waals surface area contributed by atoms with E-state index in [1.54, 1.807) is 0 Å². The van der Waals surface area contributed by atoms with Crippen molar-refractivity contribution in [2.45, 2.75) is 64.2 Å². The van der Waals surface area contributed by atoms with E-state index < -0.39 is 8.07 Å². The minimum Gasteiger partial charge on any atom is -0.437 e. The number of furan rings is 1. The van der Waals surface area contributed by atoms with Gasteiger partial charge in [-0.2, -0.15) is 4.57 Å². The molecule has 0 saturated carbocycles. The van der Waals surface area contributed by atoms with Crippen LogP contribution < -0.4 is 9.75 Å². The van der Waals surface area contributed by atoms with Crippen molar-refractivity contribution in [1.29, 1.82) is 0 Å². The van der Waals surface area contributed by atoms with Crippen LogP contribution in [-0.4, -0.2) is 18.8 Å². The van der Waals surface area contributed by atoms with Crippen LogP contribution in [-0.2, 0) is 12.8 Å². The molecule has 2 unspecified atom stereocenters. The number of pyridine rings is 2. The second-order valence-electron chi connectivity index (χ2n) is 14.6. The minimum absolute atomic E-state index is 0.196. The highest BCUT2D eigenvalue weighted by Crippen LogP contribution is 2.44. The maximum absolute atomic E-state index is 6.51. The Morgan fingerprint density at radius 3 is 2.52 bits per heavy atom. The molecule has 5 heterocycles. The predicted octanol–water partition coefficient (Wildman–Crippen LogP) is 9.54. The maximum Gasteiger partial charge on any atom is 0.227 e. The Labute approximate surface area is 284 Å². The second kappa shape index (κ2) is 11.7. The number of hydrogen-bond donors (Lipinski definition) is 0. The van der Waals surface area contributed by atoms with Gasteiger partial charge in [0.2, 0.25) is 11.4 Å². The fourth-order valence-electron chi connectivity index (χ4n) is 8.10. The van der Waals surface area contributed by atoms with Gasteiger partial charge in [0.1, 0.15) is 5.58 Å². The summed E-state index contributed by atoms with van der Waals surface area (Å²) in [6.07, 6.45) is 7.97. The molecule has 0 fully saturated rings. The van der Waals surface area contributed by atoms with E-state index in [0.29, 0.717) is 11.6 Å². The van der Waals surface area contributed by atoms with Gasteiger partial charge in [0.05, 0.1) is 20.2 Å². The summed E-state index contributed by atoms with van der Waals surface area (Å²) >= 11 is 0. The van der Waals surface area contributed by atoms with E-state index in [9.17, 15) is 0 Å². The van der Waals surface area contributed by atoms with Gasteiger partial charge in [-0.15, -0.1) is 0 Å². The number of hydrogen-bond acceptors (Lipinski definition) is 3. The number of aliphatic imine (C=N–C) groups is 1. The fraction of sp³-hybridized carbons (Fsp3) is 0.233. The standard InChI is InChI=1S/C43H42N3OSi/c1-7-37-41-30(19-22-35-36-20-17-27(2)45-43(36)47-42(35)41)18-21-34-32-15-11-12-16-33(32)39-25-31(24-29-13-9-8-10-14-29)40(48(4,5)6)26-46(39)38(34)23-28(3)44-37/h7-17,19-20,22,25-26,34,38H,1,3,18,21,23-24H2,2,4-6H3/q+1/b44-37-. The molecule has 3 aromatic heterocycles. The lowest BCUT2D eigenvalue weighted by Gasteiger charge is -2.33. The lowest BCUT2D eigenvalue weighted by atomic mass is 9.77. The van der Waals surface area contributed by atoms with Crippen molar-refractivity contribution < 1.29 is 8.98 Å². The van der Waals surface area contributed by atoms with Crippen LogP contribution in [0.3, 0.4) is 0 Å². The zero-order valence-electron chi connectivity index (χ0n) is 28.4. The molecule has 0 bridgehead atoms. The summed E-state index contributed by atoms with van der Waals surface area (Å²) in [6, 6.07) is 31.3. The summed E-state index contributed by atoms with van der Waals surface area (Å²) < 4.78 is 9.11. The quantitative estimate of drug-likeness (QED) is 0.142. The van der Waals surface area contributed by atoms with E-state index in [-0.39, 0.29) is 6.04 Å². The molecule has 4 nitrogen and oxygen atoms in total. The number of aromatic nitrogens is 2. The van der Waals surface area contributed by atoms with Gasteiger partial charge in [-0.3, -0.25) is 4.99 Å². The molecule has 2 aliphatic heterocycles. The number of nitrogens with zero attached hydrogens (tertiary/aromatic N) is 3. The van der Waals surface area contributed by atoms with Crippen molar-refractivity contribution in [3.05, 3.63) is 150 Å². The van der Waals surface area contributed by atoms with Crippen LogP contribution in [0, 0.1) is 6.92 Å². The van der Waals surface area contributed by atoms with E-state index in [1.807, 2.05) is 19.1 Å². The average Bonchev–Trinajstić information content (AvgIpc) is 3.44. The van der Waals surface area contributed by atoms with Crippen LogP contribution >= 0.6 is 0 Å². The third-order valence-electron chi connectivity index (χ3n) is 10.3. The topological polar surface area (TPSA) is 42.3 Å². The van der Waals surface area contributed by atoms with Crippen LogP contribution in [0.2, 0.25) is 19.6 Å². The molecule has 0 saturated heterocycles. The number of aryl methyl sites for hydroxylation is 2. The Bertz CT molecular complexity index is 2290. The van der Waals surface area contributed by atoms with E-state index in [1.165, 1.54) is 38.7 Å². The average molecular weight is 645 g/mol. The summed E-state index contributed by atoms with van der Waals surface area (Å²) in [6.45, 7) is 18.2. The molecule has 2 atom stereocenters. The molecule has 48 heavy (non-hydrogen) atoms. The Kier molecular flexibility index (Phi) is 7.41. The van der Waals surface area contributed by atoms with Gasteiger partial charge in [0.25, 0.3) is 0 Å². The highest BCUT2D eigenvalue weighted by Gasteiger charge is 2.42. The first-order valence-electron chi connectivity index (χ1n) is 17.1. The number of rotatable bonds is 4. The largest absolute Gasteiger partial charge is 0.437 e. The number of benzene rings is 3. The summed E-state index contributed by atoms with van der Waals surface area (Å²) in [5.74, 6) is 0.300. The third-order valence-corrected chi connectivity index (χ3v) is 12.4. The molecule has 0 spiro atoms. The smallest absolute Gasteiger partial charge is 0.227 e. The van der Waals surface area contributed by atoms with Gasteiger partial charge >= 0.3 is 0 Å². The zero-order valence-corrected chi connectivity index (χ0v) is 29.4. The molecule has 0 amide bonds. The van der Waals surface area contributed by atoms with E-state index >= 15 is 0 Å². The highest BCUT2D eigenvalue weighted by molar-refractivity contribution is 6.89. The first-order valence-corrected chi connectivity index (χ1v) is 20.6. The first-order chi connectivity index (χ1) is 23.2. The second-order valence-corrected chi connectivity index (χ2v) is 19.6. The Morgan fingerprint density at radius 2 is 1.73 bits per heavy atom. The zero-order chi connectivity index (χ0) is 33.2. The van der Waals surface area contributed by atoms with Gasteiger partial charge in [0, 0.05) is 50.5 Å². The molecule has 6 aromatic rings. The van der Waals surface area contributed by atoms with Crippen LogP contribution in [0.1, 0.15) is 58.3 Å². The lowest BCUT2D eigenvalue weighted by molar-refractivity contribution is -0.717. The van der Waals surface area contributed by atoms with Crippen molar-refractivity contribution in [2.75, 3.05) is 0 Å². The molecule has 5 heteroatoms. The molecule has 8 rings (SSSR count).